The molecule has 3 heteroatoms. The highest BCUT2D eigenvalue weighted by atomic mass is 15.3. The normalized spacial score (nSPS) is 13.7. The van der Waals surface area contributed by atoms with E-state index in [4.69, 9.17) is 5.73 Å². The maximum atomic E-state index is 5.82. The molecular weight excluding hydrogens is 150 g/mol. The van der Waals surface area contributed by atoms with Crippen LogP contribution in [0.25, 0.3) is 0 Å². The van der Waals surface area contributed by atoms with Crippen molar-refractivity contribution in [1.29, 1.82) is 0 Å². The van der Waals surface area contributed by atoms with E-state index in [1.54, 1.807) is 0 Å². The maximum absolute atomic E-state index is 5.82. The van der Waals surface area contributed by atoms with E-state index < -0.39 is 0 Å². The van der Waals surface area contributed by atoms with Gasteiger partial charge < -0.3 is 5.73 Å². The summed E-state index contributed by atoms with van der Waals surface area (Å²) >= 11 is 0. The molecule has 0 saturated heterocycles. The molecule has 0 amide bonds. The molecule has 3 nitrogen and oxygen atoms in total. The molecule has 0 atom stereocenters. The predicted octanol–water partition coefficient (Wildman–Crippen LogP) is 1.82. The van der Waals surface area contributed by atoms with Gasteiger partial charge in [0.2, 0.25) is 0 Å². The van der Waals surface area contributed by atoms with Gasteiger partial charge in [-0.3, -0.25) is 5.43 Å². The van der Waals surface area contributed by atoms with Crippen molar-refractivity contribution < 1.29 is 0 Å². The van der Waals surface area contributed by atoms with Gasteiger partial charge in [-0.25, -0.2) is 0 Å². The molecule has 0 aliphatic carbocycles. The van der Waals surface area contributed by atoms with Crippen molar-refractivity contribution >= 4 is 6.72 Å². The number of nitrogens with one attached hydrogen (secondary N) is 1. The molecule has 0 radical (unpaired) electrons. The molecule has 0 fully saturated rings. The van der Waals surface area contributed by atoms with Crippen molar-refractivity contribution in [2.24, 2.45) is 16.3 Å². The lowest BCUT2D eigenvalue weighted by Gasteiger charge is -2.24. The zero-order valence-corrected chi connectivity index (χ0v) is 8.44. The minimum Gasteiger partial charge on any atom is -0.401 e. The standard InChI is InChI=1S/C9H19N3/c1-6-7(10)8(12-11-5)9(2,3)4/h12H,5-6,10H2,1-4H3/b8-7-. The summed E-state index contributed by atoms with van der Waals surface area (Å²) in [6, 6.07) is 0. The fraction of sp³-hybridized carbons (Fsp3) is 0.667. The molecule has 0 heterocycles. The van der Waals surface area contributed by atoms with E-state index >= 15 is 0 Å². The number of nitrogens with zero attached hydrogens (tertiary/aromatic N) is 1. The fourth-order valence-electron chi connectivity index (χ4n) is 0.977. The highest BCUT2D eigenvalue weighted by Gasteiger charge is 2.19. The lowest BCUT2D eigenvalue weighted by Crippen LogP contribution is -2.24. The Morgan fingerprint density at radius 3 is 2.25 bits per heavy atom. The monoisotopic (exact) mass is 169 g/mol. The molecule has 0 bridgehead atoms. The Bertz CT molecular complexity index is 186. The number of rotatable bonds is 3. The molecule has 12 heavy (non-hydrogen) atoms. The van der Waals surface area contributed by atoms with E-state index in [1.807, 2.05) is 6.92 Å². The summed E-state index contributed by atoms with van der Waals surface area (Å²) in [4.78, 5) is 0. The second-order valence-corrected chi connectivity index (χ2v) is 3.77. The van der Waals surface area contributed by atoms with Gasteiger partial charge in [-0.15, -0.1) is 0 Å². The average Bonchev–Trinajstić information content (AvgIpc) is 1.96. The van der Waals surface area contributed by atoms with E-state index in [9.17, 15) is 0 Å². The number of hydrogen-bond acceptors (Lipinski definition) is 3. The summed E-state index contributed by atoms with van der Waals surface area (Å²) in [5.41, 5.74) is 10.5. The van der Waals surface area contributed by atoms with Crippen LogP contribution in [0.4, 0.5) is 0 Å². The van der Waals surface area contributed by atoms with Crippen LogP contribution in [-0.2, 0) is 0 Å². The Morgan fingerprint density at radius 1 is 1.50 bits per heavy atom. The maximum Gasteiger partial charge on any atom is 0.0575 e. The van der Waals surface area contributed by atoms with Crippen LogP contribution < -0.4 is 11.2 Å². The summed E-state index contributed by atoms with van der Waals surface area (Å²) in [7, 11) is 0. The third-order valence-electron chi connectivity index (χ3n) is 1.64. The number of hydrogen-bond donors (Lipinski definition) is 2. The predicted molar refractivity (Wildman–Crippen MR) is 53.6 cm³/mol. The third kappa shape index (κ3) is 2.95. The Kier molecular flexibility index (Phi) is 3.80. The van der Waals surface area contributed by atoms with Crippen molar-refractivity contribution in [3.63, 3.8) is 0 Å². The lowest BCUT2D eigenvalue weighted by atomic mass is 9.90. The molecule has 0 saturated carbocycles. The van der Waals surface area contributed by atoms with Gasteiger partial charge >= 0.3 is 0 Å². The minimum absolute atomic E-state index is 0.00127. The van der Waals surface area contributed by atoms with Gasteiger partial charge in [0.15, 0.2) is 0 Å². The van der Waals surface area contributed by atoms with Gasteiger partial charge in [0.05, 0.1) is 5.70 Å². The highest BCUT2D eigenvalue weighted by Crippen LogP contribution is 2.24. The highest BCUT2D eigenvalue weighted by molar-refractivity contribution is 5.24. The fourth-order valence-corrected chi connectivity index (χ4v) is 0.977. The molecule has 0 aromatic heterocycles. The Labute approximate surface area is 74.7 Å². The Morgan fingerprint density at radius 2 is 2.00 bits per heavy atom. The van der Waals surface area contributed by atoms with Crippen LogP contribution in [0.2, 0.25) is 0 Å². The van der Waals surface area contributed by atoms with Gasteiger partial charge in [0.25, 0.3) is 0 Å². The molecule has 0 unspecified atom stereocenters. The summed E-state index contributed by atoms with van der Waals surface area (Å²) in [5.74, 6) is 0. The summed E-state index contributed by atoms with van der Waals surface area (Å²) in [6.07, 6.45) is 0.828. The van der Waals surface area contributed by atoms with Gasteiger partial charge in [-0.05, 0) is 6.42 Å². The zero-order valence-electron chi connectivity index (χ0n) is 8.44. The quantitative estimate of drug-likeness (QED) is 0.500. The second-order valence-electron chi connectivity index (χ2n) is 3.77. The topological polar surface area (TPSA) is 50.4 Å². The first kappa shape index (κ1) is 11.0. The number of allylic oxidation sites excluding steroid dienone is 2. The molecule has 0 aromatic rings. The summed E-state index contributed by atoms with van der Waals surface area (Å²) in [6.45, 7) is 11.7. The SMILES string of the molecule is C=NN/C(=C(\N)CC)C(C)(C)C. The van der Waals surface area contributed by atoms with Crippen molar-refractivity contribution in [3.8, 4) is 0 Å². The first-order valence-electron chi connectivity index (χ1n) is 4.14. The molecular formula is C9H19N3. The largest absolute Gasteiger partial charge is 0.401 e. The number of nitrogens with two attached hydrogens (primary N) is 1. The molecule has 70 valence electrons. The van der Waals surface area contributed by atoms with Crippen molar-refractivity contribution in [1.82, 2.24) is 5.43 Å². The van der Waals surface area contributed by atoms with Crippen LogP contribution >= 0.6 is 0 Å². The molecule has 0 spiro atoms. The molecule has 0 aliphatic rings. The van der Waals surface area contributed by atoms with Gasteiger partial charge in [-0.2, -0.15) is 5.10 Å². The van der Waals surface area contributed by atoms with Crippen LogP contribution in [0.3, 0.4) is 0 Å². The Balaban J connectivity index is 4.77. The summed E-state index contributed by atoms with van der Waals surface area (Å²) in [5, 5.41) is 3.63. The number of hydrazone groups is 1. The molecule has 0 aromatic carbocycles. The van der Waals surface area contributed by atoms with E-state index in [0.717, 1.165) is 17.8 Å². The van der Waals surface area contributed by atoms with Gasteiger partial charge in [-0.1, -0.05) is 27.7 Å². The van der Waals surface area contributed by atoms with Crippen LogP contribution in [0.1, 0.15) is 34.1 Å². The first-order valence-corrected chi connectivity index (χ1v) is 4.14. The van der Waals surface area contributed by atoms with E-state index in [0.29, 0.717) is 0 Å². The smallest absolute Gasteiger partial charge is 0.0575 e. The minimum atomic E-state index is 0.00127. The van der Waals surface area contributed by atoms with Crippen LogP contribution in [0.5, 0.6) is 0 Å². The van der Waals surface area contributed by atoms with Crippen LogP contribution in [-0.4, -0.2) is 6.72 Å². The van der Waals surface area contributed by atoms with Crippen LogP contribution in [0.15, 0.2) is 16.5 Å². The molecule has 3 N–H and O–H groups in total. The van der Waals surface area contributed by atoms with Crippen molar-refractivity contribution in [3.05, 3.63) is 11.4 Å². The second kappa shape index (κ2) is 4.14. The lowest BCUT2D eigenvalue weighted by molar-refractivity contribution is 0.456. The first-order chi connectivity index (χ1) is 5.43. The molecule has 0 aliphatic heterocycles. The van der Waals surface area contributed by atoms with E-state index in [-0.39, 0.29) is 5.41 Å². The summed E-state index contributed by atoms with van der Waals surface area (Å²) < 4.78 is 0. The van der Waals surface area contributed by atoms with E-state index in [1.165, 1.54) is 0 Å². The van der Waals surface area contributed by atoms with Crippen molar-refractivity contribution in [2.45, 2.75) is 34.1 Å². The van der Waals surface area contributed by atoms with Gasteiger partial charge in [0.1, 0.15) is 0 Å². The van der Waals surface area contributed by atoms with Crippen LogP contribution in [0, 0.1) is 5.41 Å². The van der Waals surface area contributed by atoms with Crippen molar-refractivity contribution in [2.75, 3.05) is 0 Å². The Hall–Kier alpha value is -0.990. The zero-order chi connectivity index (χ0) is 9.78. The average molecular weight is 169 g/mol. The molecule has 0 rings (SSSR count). The van der Waals surface area contributed by atoms with Gasteiger partial charge in [0, 0.05) is 17.8 Å². The van der Waals surface area contributed by atoms with E-state index in [2.05, 4.69) is 38.0 Å². The third-order valence-corrected chi connectivity index (χ3v) is 1.64.